The minimum atomic E-state index is -1.52. The summed E-state index contributed by atoms with van der Waals surface area (Å²) < 4.78 is 10.8. The highest BCUT2D eigenvalue weighted by atomic mass is 16.5. The second kappa shape index (κ2) is 14.4. The number of urea groups is 1. The first-order valence-corrected chi connectivity index (χ1v) is 15.2. The number of carbonyl (C=O) groups excluding carboxylic acids is 3. The lowest BCUT2D eigenvalue weighted by Gasteiger charge is -2.32. The van der Waals surface area contributed by atoms with Gasteiger partial charge in [-0.05, 0) is 42.5 Å². The highest BCUT2D eigenvalue weighted by molar-refractivity contribution is 6.10. The normalized spacial score (nSPS) is 17.4. The molecule has 1 aliphatic heterocycles. The molecule has 1 aliphatic rings. The molecule has 12 nitrogen and oxygen atoms in total. The number of benzene rings is 3. The minimum Gasteiger partial charge on any atom is -0.497 e. The monoisotopic (exact) mass is 643 g/mol. The van der Waals surface area contributed by atoms with Crippen molar-refractivity contribution in [3.05, 3.63) is 95.1 Å². The number of carbonyl (C=O) groups is 4. The number of hydrogen-bond donors (Lipinski definition) is 4. The number of nitrogens with zero attached hydrogens (tertiary/aromatic N) is 2. The van der Waals surface area contributed by atoms with Gasteiger partial charge in [-0.25, -0.2) is 9.69 Å². The molecule has 3 aromatic rings. The van der Waals surface area contributed by atoms with E-state index in [9.17, 15) is 24.3 Å². The van der Waals surface area contributed by atoms with Crippen LogP contribution in [-0.2, 0) is 26.5 Å². The summed E-state index contributed by atoms with van der Waals surface area (Å²) in [7, 11) is 2.91. The number of amidine groups is 1. The number of rotatable bonds is 14. The number of methoxy groups -OCH3 is 2. The van der Waals surface area contributed by atoms with E-state index in [-0.39, 0.29) is 24.7 Å². The highest BCUT2D eigenvalue weighted by Crippen LogP contribution is 2.41. The van der Waals surface area contributed by atoms with E-state index in [1.807, 2.05) is 44.2 Å². The molecular weight excluding hydrogens is 602 g/mol. The minimum absolute atomic E-state index is 0.0770. The van der Waals surface area contributed by atoms with Crippen LogP contribution in [0, 0.1) is 11.3 Å². The van der Waals surface area contributed by atoms with E-state index in [1.165, 1.54) is 19.1 Å². The van der Waals surface area contributed by atoms with Crippen molar-refractivity contribution in [2.75, 3.05) is 14.2 Å². The zero-order valence-corrected chi connectivity index (χ0v) is 27.2. The van der Waals surface area contributed by atoms with E-state index in [4.69, 9.17) is 20.6 Å². The quantitative estimate of drug-likeness (QED) is 0.113. The van der Waals surface area contributed by atoms with Crippen LogP contribution in [0.5, 0.6) is 11.5 Å². The summed E-state index contributed by atoms with van der Waals surface area (Å²) in [5, 5.41) is 20.3. The topological polar surface area (TPSA) is 175 Å². The van der Waals surface area contributed by atoms with Gasteiger partial charge in [0.25, 0.3) is 5.91 Å². The van der Waals surface area contributed by atoms with Crippen LogP contribution in [-0.4, -0.2) is 64.8 Å². The van der Waals surface area contributed by atoms with Crippen molar-refractivity contribution in [2.24, 2.45) is 11.7 Å². The molecule has 0 bridgehead atoms. The van der Waals surface area contributed by atoms with Gasteiger partial charge in [0.2, 0.25) is 5.91 Å². The van der Waals surface area contributed by atoms with Gasteiger partial charge in [0, 0.05) is 23.7 Å². The van der Waals surface area contributed by atoms with E-state index in [0.29, 0.717) is 28.2 Å². The molecule has 0 aromatic heterocycles. The molecule has 0 saturated carbocycles. The van der Waals surface area contributed by atoms with Crippen molar-refractivity contribution < 1.29 is 33.8 Å². The fraction of sp³-hybridized carbons (Fsp3) is 0.343. The third kappa shape index (κ3) is 7.21. The van der Waals surface area contributed by atoms with Crippen LogP contribution in [0.1, 0.15) is 61.9 Å². The average Bonchev–Trinajstić information content (AvgIpc) is 3.23. The number of amides is 4. The SMILES string of the molecule is COc1ccc([C@H](CC(=O)O)NC(=O)[C@H](CC(C)C)N2C(=O)N(Cc3ccccc3)[C@@](C)(c3ccc(C(=N)N)cc3)C2=O)c(OC)c1. The van der Waals surface area contributed by atoms with Crippen LogP contribution < -0.4 is 20.5 Å². The van der Waals surface area contributed by atoms with Crippen molar-refractivity contribution in [2.45, 2.75) is 57.8 Å². The number of nitrogen functional groups attached to an aromatic ring is 1. The lowest BCUT2D eigenvalue weighted by molar-refractivity contribution is -0.141. The molecule has 4 rings (SSSR count). The maximum absolute atomic E-state index is 14.6. The fourth-order valence-corrected chi connectivity index (χ4v) is 5.84. The highest BCUT2D eigenvalue weighted by Gasteiger charge is 2.58. The molecule has 0 radical (unpaired) electrons. The van der Waals surface area contributed by atoms with Crippen molar-refractivity contribution >= 4 is 29.7 Å². The molecule has 12 heteroatoms. The molecule has 0 unspecified atom stereocenters. The second-order valence-corrected chi connectivity index (χ2v) is 12.0. The maximum Gasteiger partial charge on any atom is 0.329 e. The first-order valence-electron chi connectivity index (χ1n) is 15.2. The Morgan fingerprint density at radius 3 is 2.21 bits per heavy atom. The number of carboxylic acids is 1. The summed E-state index contributed by atoms with van der Waals surface area (Å²) in [5.74, 6) is -1.93. The molecule has 1 saturated heterocycles. The predicted octanol–water partition coefficient (Wildman–Crippen LogP) is 4.41. The van der Waals surface area contributed by atoms with Crippen LogP contribution in [0.4, 0.5) is 4.79 Å². The first-order chi connectivity index (χ1) is 22.3. The van der Waals surface area contributed by atoms with Gasteiger partial charge in [-0.3, -0.25) is 19.8 Å². The zero-order valence-electron chi connectivity index (χ0n) is 27.2. The summed E-state index contributed by atoms with van der Waals surface area (Å²) in [6.07, 6.45) is -0.355. The number of aliphatic carboxylic acids is 1. The van der Waals surface area contributed by atoms with Crippen LogP contribution in [0.3, 0.4) is 0 Å². The van der Waals surface area contributed by atoms with Gasteiger partial charge in [-0.1, -0.05) is 68.4 Å². The van der Waals surface area contributed by atoms with Gasteiger partial charge in [-0.2, -0.15) is 0 Å². The van der Waals surface area contributed by atoms with Crippen LogP contribution in [0.15, 0.2) is 72.8 Å². The standard InChI is InChI=1S/C35H41N5O7/c1-21(2)17-28(32(43)38-27(19-30(41)42)26-16-15-25(46-4)18-29(26)47-5)40-33(44)35(3,24-13-11-23(12-14-24)31(36)37)39(34(40)45)20-22-9-7-6-8-10-22/h6-16,18,21,27-28H,17,19-20H2,1-5H3,(H3,36,37)(H,38,43)(H,41,42)/t27-,28-,35-/m0/s1. The number of nitrogens with two attached hydrogens (primary N) is 1. The number of hydrogen-bond acceptors (Lipinski definition) is 7. The van der Waals surface area contributed by atoms with E-state index in [2.05, 4.69) is 5.32 Å². The summed E-state index contributed by atoms with van der Waals surface area (Å²) in [4.78, 5) is 57.6. The maximum atomic E-state index is 14.6. The van der Waals surface area contributed by atoms with E-state index < -0.39 is 47.9 Å². The lowest BCUT2D eigenvalue weighted by Crippen LogP contribution is -2.52. The molecule has 1 fully saturated rings. The number of ether oxygens (including phenoxy) is 2. The number of carboxylic acid groups (broad SMARTS) is 1. The van der Waals surface area contributed by atoms with Crippen molar-refractivity contribution in [1.29, 1.82) is 5.41 Å². The Bertz CT molecular complexity index is 1640. The Labute approximate surface area is 274 Å². The molecule has 5 N–H and O–H groups in total. The first kappa shape index (κ1) is 34.5. The Kier molecular flexibility index (Phi) is 10.5. The average molecular weight is 644 g/mol. The van der Waals surface area contributed by atoms with Crippen LogP contribution >= 0.6 is 0 Å². The van der Waals surface area contributed by atoms with Gasteiger partial charge in [0.05, 0.1) is 26.7 Å². The second-order valence-electron chi connectivity index (χ2n) is 12.0. The Balaban J connectivity index is 1.78. The third-order valence-corrected chi connectivity index (χ3v) is 8.37. The van der Waals surface area contributed by atoms with E-state index in [1.54, 1.807) is 49.4 Å². The van der Waals surface area contributed by atoms with Gasteiger partial charge in [-0.15, -0.1) is 0 Å². The van der Waals surface area contributed by atoms with Crippen molar-refractivity contribution in [3.63, 3.8) is 0 Å². The summed E-state index contributed by atoms with van der Waals surface area (Å²) >= 11 is 0. The smallest absolute Gasteiger partial charge is 0.329 e. The summed E-state index contributed by atoms with van der Waals surface area (Å²) in [5.41, 5.74) is 6.26. The number of imide groups is 1. The molecule has 1 heterocycles. The predicted molar refractivity (Wildman–Crippen MR) is 175 cm³/mol. The molecule has 0 aliphatic carbocycles. The van der Waals surface area contributed by atoms with Crippen LogP contribution in [0.2, 0.25) is 0 Å². The Morgan fingerprint density at radius 2 is 1.66 bits per heavy atom. The molecule has 3 atom stereocenters. The molecular formula is C35H41N5O7. The van der Waals surface area contributed by atoms with Gasteiger partial charge in [0.15, 0.2) is 0 Å². The lowest BCUT2D eigenvalue weighted by atomic mass is 9.88. The molecule has 248 valence electrons. The van der Waals surface area contributed by atoms with Gasteiger partial charge >= 0.3 is 12.0 Å². The molecule has 47 heavy (non-hydrogen) atoms. The zero-order chi connectivity index (χ0) is 34.5. The molecule has 0 spiro atoms. The van der Waals surface area contributed by atoms with Gasteiger partial charge < -0.3 is 30.5 Å². The van der Waals surface area contributed by atoms with Crippen LogP contribution in [0.25, 0.3) is 0 Å². The Morgan fingerprint density at radius 1 is 1.00 bits per heavy atom. The van der Waals surface area contributed by atoms with Crippen molar-refractivity contribution in [3.8, 4) is 11.5 Å². The largest absolute Gasteiger partial charge is 0.497 e. The molecule has 3 aromatic carbocycles. The fourth-order valence-electron chi connectivity index (χ4n) is 5.84. The number of nitrogens with one attached hydrogen (secondary N) is 2. The van der Waals surface area contributed by atoms with Crippen molar-refractivity contribution in [1.82, 2.24) is 15.1 Å². The summed E-state index contributed by atoms with van der Waals surface area (Å²) in [6.45, 7) is 5.45. The summed E-state index contributed by atoms with van der Waals surface area (Å²) in [6, 6.07) is 17.6. The van der Waals surface area contributed by atoms with E-state index >= 15 is 0 Å². The van der Waals surface area contributed by atoms with E-state index in [0.717, 1.165) is 10.5 Å². The Hall–Kier alpha value is -5.39. The molecule has 4 amide bonds. The third-order valence-electron chi connectivity index (χ3n) is 8.37. The van der Waals surface area contributed by atoms with Gasteiger partial charge in [0.1, 0.15) is 28.9 Å².